The van der Waals surface area contributed by atoms with Crippen molar-refractivity contribution in [2.45, 2.75) is 52.5 Å². The van der Waals surface area contributed by atoms with Crippen LogP contribution in [0.5, 0.6) is 0 Å². The highest BCUT2D eigenvalue weighted by molar-refractivity contribution is 5.93. The number of aromatic nitrogens is 2. The summed E-state index contributed by atoms with van der Waals surface area (Å²) in [6, 6.07) is 1.87. The summed E-state index contributed by atoms with van der Waals surface area (Å²) in [5.41, 5.74) is 6.64. The van der Waals surface area contributed by atoms with Crippen LogP contribution in [-0.4, -0.2) is 39.6 Å². The Kier molecular flexibility index (Phi) is 4.31. The molecular formula is C16H26N4O2. The molecule has 0 saturated carbocycles. The van der Waals surface area contributed by atoms with Gasteiger partial charge in [-0.3, -0.25) is 14.3 Å². The number of nitrogens with two attached hydrogens (primary N) is 1. The number of carbonyl (C=O) groups is 2. The van der Waals surface area contributed by atoms with Crippen LogP contribution in [0.4, 0.5) is 0 Å². The summed E-state index contributed by atoms with van der Waals surface area (Å²) in [5.74, 6) is -0.407. The molecule has 0 aliphatic carbocycles. The molecule has 22 heavy (non-hydrogen) atoms. The SMILES string of the molecule is CC(C)c1cc(C(=O)N2CCC(C(N)=O)C2)nn1C(C)(C)C. The van der Waals surface area contributed by atoms with Gasteiger partial charge in [-0.15, -0.1) is 0 Å². The fourth-order valence-electron chi connectivity index (χ4n) is 2.79. The van der Waals surface area contributed by atoms with Crippen LogP contribution < -0.4 is 5.73 Å². The average Bonchev–Trinajstić information content (AvgIpc) is 3.04. The van der Waals surface area contributed by atoms with E-state index >= 15 is 0 Å². The van der Waals surface area contributed by atoms with Crippen molar-refractivity contribution in [1.29, 1.82) is 0 Å². The minimum absolute atomic E-state index is 0.117. The second-order valence-corrected chi connectivity index (χ2v) is 7.33. The highest BCUT2D eigenvalue weighted by Crippen LogP contribution is 2.25. The number of hydrogen-bond acceptors (Lipinski definition) is 3. The van der Waals surface area contributed by atoms with E-state index in [4.69, 9.17) is 5.73 Å². The Morgan fingerprint density at radius 1 is 1.36 bits per heavy atom. The lowest BCUT2D eigenvalue weighted by atomic mass is 10.1. The van der Waals surface area contributed by atoms with E-state index in [0.717, 1.165) is 5.69 Å². The normalized spacial score (nSPS) is 19.0. The van der Waals surface area contributed by atoms with E-state index < -0.39 is 0 Å². The Morgan fingerprint density at radius 3 is 2.41 bits per heavy atom. The van der Waals surface area contributed by atoms with E-state index in [0.29, 0.717) is 25.2 Å². The molecule has 0 aromatic carbocycles. The predicted octanol–water partition coefficient (Wildman–Crippen LogP) is 1.71. The van der Waals surface area contributed by atoms with Gasteiger partial charge in [0, 0.05) is 18.8 Å². The molecule has 1 fully saturated rings. The van der Waals surface area contributed by atoms with Gasteiger partial charge in [-0.1, -0.05) is 13.8 Å². The molecule has 2 rings (SSSR count). The summed E-state index contributed by atoms with van der Waals surface area (Å²) in [7, 11) is 0. The Balaban J connectivity index is 2.26. The first-order chi connectivity index (χ1) is 10.1. The van der Waals surface area contributed by atoms with Gasteiger partial charge in [-0.25, -0.2) is 0 Å². The summed E-state index contributed by atoms with van der Waals surface area (Å²) >= 11 is 0. The van der Waals surface area contributed by atoms with Crippen molar-refractivity contribution in [1.82, 2.24) is 14.7 Å². The second-order valence-electron chi connectivity index (χ2n) is 7.33. The first-order valence-corrected chi connectivity index (χ1v) is 7.80. The van der Waals surface area contributed by atoms with Crippen LogP contribution >= 0.6 is 0 Å². The highest BCUT2D eigenvalue weighted by Gasteiger charge is 2.32. The first-order valence-electron chi connectivity index (χ1n) is 7.80. The number of hydrogen-bond donors (Lipinski definition) is 1. The van der Waals surface area contributed by atoms with Gasteiger partial charge < -0.3 is 10.6 Å². The average molecular weight is 306 g/mol. The Hall–Kier alpha value is -1.85. The molecule has 2 N–H and O–H groups in total. The molecule has 2 heterocycles. The number of likely N-dealkylation sites (tertiary alicyclic amines) is 1. The molecule has 1 aliphatic rings. The fraction of sp³-hybridized carbons (Fsp3) is 0.688. The Bertz CT molecular complexity index is 583. The number of rotatable bonds is 3. The van der Waals surface area contributed by atoms with Crippen LogP contribution in [0.25, 0.3) is 0 Å². The zero-order valence-electron chi connectivity index (χ0n) is 14.1. The zero-order valence-corrected chi connectivity index (χ0v) is 14.1. The Morgan fingerprint density at radius 2 is 2.00 bits per heavy atom. The molecule has 1 unspecified atom stereocenters. The molecule has 1 aromatic heterocycles. The maximum Gasteiger partial charge on any atom is 0.274 e. The topological polar surface area (TPSA) is 81.2 Å². The molecule has 6 nitrogen and oxygen atoms in total. The van der Waals surface area contributed by atoms with Crippen molar-refractivity contribution < 1.29 is 9.59 Å². The van der Waals surface area contributed by atoms with Crippen molar-refractivity contribution in [2.24, 2.45) is 11.7 Å². The lowest BCUT2D eigenvalue weighted by Crippen LogP contribution is -2.32. The molecule has 0 bridgehead atoms. The summed E-state index contributed by atoms with van der Waals surface area (Å²) in [6.45, 7) is 11.3. The van der Waals surface area contributed by atoms with Crippen molar-refractivity contribution in [3.05, 3.63) is 17.5 Å². The lowest BCUT2D eigenvalue weighted by Gasteiger charge is -2.23. The molecule has 122 valence electrons. The smallest absolute Gasteiger partial charge is 0.274 e. The van der Waals surface area contributed by atoms with Gasteiger partial charge >= 0.3 is 0 Å². The quantitative estimate of drug-likeness (QED) is 0.923. The van der Waals surface area contributed by atoms with Gasteiger partial charge in [0.05, 0.1) is 11.5 Å². The molecule has 2 amide bonds. The fourth-order valence-corrected chi connectivity index (χ4v) is 2.79. The minimum Gasteiger partial charge on any atom is -0.369 e. The van der Waals surface area contributed by atoms with Crippen molar-refractivity contribution >= 4 is 11.8 Å². The van der Waals surface area contributed by atoms with Crippen LogP contribution in [0.3, 0.4) is 0 Å². The third kappa shape index (κ3) is 3.15. The number of carbonyl (C=O) groups excluding carboxylic acids is 2. The molecule has 0 spiro atoms. The Labute approximate surface area is 131 Å². The van der Waals surface area contributed by atoms with Crippen molar-refractivity contribution in [3.8, 4) is 0 Å². The standard InChI is InChI=1S/C16H26N4O2/c1-10(2)13-8-12(18-20(13)16(3,4)5)15(22)19-7-6-11(9-19)14(17)21/h8,10-11H,6-7,9H2,1-5H3,(H2,17,21). The lowest BCUT2D eigenvalue weighted by molar-refractivity contribution is -0.121. The monoisotopic (exact) mass is 306 g/mol. The molecule has 1 aromatic rings. The minimum atomic E-state index is -0.335. The maximum atomic E-state index is 12.6. The molecule has 1 saturated heterocycles. The van der Waals surface area contributed by atoms with E-state index in [-0.39, 0.29) is 29.2 Å². The van der Waals surface area contributed by atoms with Crippen LogP contribution in [0.2, 0.25) is 0 Å². The van der Waals surface area contributed by atoms with Gasteiger partial charge in [-0.2, -0.15) is 5.10 Å². The van der Waals surface area contributed by atoms with Gasteiger partial charge in [0.15, 0.2) is 5.69 Å². The largest absolute Gasteiger partial charge is 0.369 e. The van der Waals surface area contributed by atoms with E-state index in [1.165, 1.54) is 0 Å². The molecular weight excluding hydrogens is 280 g/mol. The van der Waals surface area contributed by atoms with Gasteiger partial charge in [0.1, 0.15) is 0 Å². The third-order valence-electron chi connectivity index (χ3n) is 4.06. The summed E-state index contributed by atoms with van der Waals surface area (Å²) < 4.78 is 1.92. The second kappa shape index (κ2) is 5.74. The van der Waals surface area contributed by atoms with Gasteiger partial charge in [0.2, 0.25) is 5.91 Å². The molecule has 6 heteroatoms. The summed E-state index contributed by atoms with van der Waals surface area (Å²) in [6.07, 6.45) is 0.637. The zero-order chi connectivity index (χ0) is 16.7. The van der Waals surface area contributed by atoms with Gasteiger partial charge in [0.25, 0.3) is 5.91 Å². The highest BCUT2D eigenvalue weighted by atomic mass is 16.2. The van der Waals surface area contributed by atoms with E-state index in [2.05, 4.69) is 39.7 Å². The van der Waals surface area contributed by atoms with Crippen molar-refractivity contribution in [3.63, 3.8) is 0 Å². The summed E-state index contributed by atoms with van der Waals surface area (Å²) in [5, 5.41) is 4.53. The summed E-state index contributed by atoms with van der Waals surface area (Å²) in [4.78, 5) is 25.6. The van der Waals surface area contributed by atoms with E-state index in [1.54, 1.807) is 4.90 Å². The first kappa shape index (κ1) is 16.5. The molecule has 1 atom stereocenters. The van der Waals surface area contributed by atoms with E-state index in [1.807, 2.05) is 10.7 Å². The maximum absolute atomic E-state index is 12.6. The molecule has 0 radical (unpaired) electrons. The van der Waals surface area contributed by atoms with Crippen LogP contribution in [0.1, 0.15) is 63.1 Å². The van der Waals surface area contributed by atoms with Crippen molar-refractivity contribution in [2.75, 3.05) is 13.1 Å². The third-order valence-corrected chi connectivity index (χ3v) is 4.06. The number of nitrogens with zero attached hydrogens (tertiary/aromatic N) is 3. The van der Waals surface area contributed by atoms with Crippen LogP contribution in [0, 0.1) is 5.92 Å². The predicted molar refractivity (Wildman–Crippen MR) is 84.5 cm³/mol. The van der Waals surface area contributed by atoms with Crippen LogP contribution in [-0.2, 0) is 10.3 Å². The molecule has 1 aliphatic heterocycles. The van der Waals surface area contributed by atoms with Crippen LogP contribution in [0.15, 0.2) is 6.07 Å². The van der Waals surface area contributed by atoms with Gasteiger partial charge in [-0.05, 0) is 39.2 Å². The number of primary amides is 1. The number of amides is 2. The van der Waals surface area contributed by atoms with E-state index in [9.17, 15) is 9.59 Å².